The molecular weight excluding hydrogens is 264 g/mol. The van der Waals surface area contributed by atoms with Crippen LogP contribution in [-0.2, 0) is 17.1 Å². The molecule has 6 nitrogen and oxygen atoms in total. The number of imidazole rings is 1. The van der Waals surface area contributed by atoms with E-state index in [0.717, 1.165) is 28.6 Å². The first-order valence-electron chi connectivity index (χ1n) is 5.91. The fourth-order valence-electron chi connectivity index (χ4n) is 1.58. The van der Waals surface area contributed by atoms with Crippen LogP contribution in [0.1, 0.15) is 22.8 Å². The molecule has 0 saturated heterocycles. The summed E-state index contributed by atoms with van der Waals surface area (Å²) in [5.41, 5.74) is 1.96. The molecule has 0 aliphatic heterocycles. The van der Waals surface area contributed by atoms with Gasteiger partial charge in [0.2, 0.25) is 5.91 Å². The minimum Gasteiger partial charge on any atom is -0.361 e. The van der Waals surface area contributed by atoms with Crippen LogP contribution in [0.15, 0.2) is 16.9 Å². The summed E-state index contributed by atoms with van der Waals surface area (Å²) < 4.78 is 5.07. The van der Waals surface area contributed by atoms with Crippen LogP contribution in [0, 0.1) is 13.8 Å². The van der Waals surface area contributed by atoms with E-state index in [-0.39, 0.29) is 5.91 Å². The lowest BCUT2D eigenvalue weighted by molar-refractivity contribution is -0.118. The Morgan fingerprint density at radius 3 is 3.00 bits per heavy atom. The van der Waals surface area contributed by atoms with E-state index in [0.29, 0.717) is 12.3 Å². The Morgan fingerprint density at radius 1 is 1.53 bits per heavy atom. The number of nitrogens with one attached hydrogen (secondary N) is 2. The molecule has 1 amide bonds. The van der Waals surface area contributed by atoms with E-state index in [1.165, 1.54) is 0 Å². The second-order valence-corrected chi connectivity index (χ2v) is 5.09. The number of amides is 1. The van der Waals surface area contributed by atoms with Gasteiger partial charge in [0.25, 0.3) is 0 Å². The highest BCUT2D eigenvalue weighted by Crippen LogP contribution is 2.19. The first-order valence-corrected chi connectivity index (χ1v) is 7.06. The van der Waals surface area contributed by atoms with Crippen LogP contribution in [-0.4, -0.2) is 26.8 Å². The van der Waals surface area contributed by atoms with Gasteiger partial charge in [-0.1, -0.05) is 5.16 Å². The largest absolute Gasteiger partial charge is 0.361 e. The van der Waals surface area contributed by atoms with Crippen molar-refractivity contribution in [1.82, 2.24) is 20.4 Å². The Bertz CT molecular complexity index is 516. The zero-order valence-electron chi connectivity index (χ0n) is 10.9. The minimum absolute atomic E-state index is 0.00633. The molecule has 102 valence electrons. The molecule has 0 saturated carbocycles. The molecule has 0 unspecified atom stereocenters. The van der Waals surface area contributed by atoms with Gasteiger partial charge in [0, 0.05) is 23.7 Å². The van der Waals surface area contributed by atoms with Crippen molar-refractivity contribution in [1.29, 1.82) is 0 Å². The van der Waals surface area contributed by atoms with Gasteiger partial charge in [-0.15, -0.1) is 11.8 Å². The highest BCUT2D eigenvalue weighted by molar-refractivity contribution is 7.99. The number of aromatic amines is 1. The number of hydrogen-bond donors (Lipinski definition) is 2. The Labute approximate surface area is 115 Å². The Morgan fingerprint density at radius 2 is 2.37 bits per heavy atom. The van der Waals surface area contributed by atoms with Crippen LogP contribution in [0.2, 0.25) is 0 Å². The summed E-state index contributed by atoms with van der Waals surface area (Å²) in [7, 11) is 0. The SMILES string of the molecule is Cc1noc(C)c1CSCC(=O)NCc1ncc[nH]1. The number of rotatable bonds is 6. The van der Waals surface area contributed by atoms with Gasteiger partial charge in [0.05, 0.1) is 18.0 Å². The highest BCUT2D eigenvalue weighted by Gasteiger charge is 2.10. The molecule has 0 aliphatic rings. The van der Waals surface area contributed by atoms with Gasteiger partial charge in [-0.2, -0.15) is 0 Å². The maximum absolute atomic E-state index is 11.6. The first kappa shape index (κ1) is 13.7. The molecule has 2 rings (SSSR count). The van der Waals surface area contributed by atoms with Gasteiger partial charge in [-0.05, 0) is 13.8 Å². The predicted octanol–water partition coefficient (Wildman–Crippen LogP) is 1.56. The zero-order chi connectivity index (χ0) is 13.7. The minimum atomic E-state index is -0.00633. The van der Waals surface area contributed by atoms with Crippen LogP contribution < -0.4 is 5.32 Å². The van der Waals surface area contributed by atoms with Gasteiger partial charge < -0.3 is 14.8 Å². The van der Waals surface area contributed by atoms with Gasteiger partial charge in [-0.3, -0.25) is 4.79 Å². The lowest BCUT2D eigenvalue weighted by Gasteiger charge is -2.03. The lowest BCUT2D eigenvalue weighted by atomic mass is 10.2. The maximum atomic E-state index is 11.6. The fourth-order valence-corrected chi connectivity index (χ4v) is 2.59. The van der Waals surface area contributed by atoms with Crippen molar-refractivity contribution in [2.45, 2.75) is 26.1 Å². The molecule has 2 aromatic heterocycles. The molecule has 0 aliphatic carbocycles. The van der Waals surface area contributed by atoms with Gasteiger partial charge in [0.15, 0.2) is 0 Å². The number of thioether (sulfide) groups is 1. The molecule has 2 heterocycles. The number of carbonyl (C=O) groups excluding carboxylic acids is 1. The van der Waals surface area contributed by atoms with Crippen molar-refractivity contribution in [3.05, 3.63) is 35.2 Å². The molecule has 0 fully saturated rings. The van der Waals surface area contributed by atoms with E-state index < -0.39 is 0 Å². The van der Waals surface area contributed by atoms with E-state index >= 15 is 0 Å². The van der Waals surface area contributed by atoms with Gasteiger partial charge >= 0.3 is 0 Å². The number of H-pyrrole nitrogens is 1. The molecule has 2 aromatic rings. The average Bonchev–Trinajstić information content (AvgIpc) is 3.00. The highest BCUT2D eigenvalue weighted by atomic mass is 32.2. The Kier molecular flexibility index (Phi) is 4.62. The van der Waals surface area contributed by atoms with Gasteiger partial charge in [-0.25, -0.2) is 4.98 Å². The maximum Gasteiger partial charge on any atom is 0.230 e. The normalized spacial score (nSPS) is 10.6. The summed E-state index contributed by atoms with van der Waals surface area (Å²) in [6.07, 6.45) is 3.39. The smallest absolute Gasteiger partial charge is 0.230 e. The second kappa shape index (κ2) is 6.42. The third-order valence-electron chi connectivity index (χ3n) is 2.67. The number of aromatic nitrogens is 3. The molecule has 7 heteroatoms. The number of carbonyl (C=O) groups is 1. The monoisotopic (exact) mass is 280 g/mol. The number of aryl methyl sites for hydroxylation is 2. The van der Waals surface area contributed by atoms with Crippen LogP contribution in [0.25, 0.3) is 0 Å². The summed E-state index contributed by atoms with van der Waals surface area (Å²) in [4.78, 5) is 18.6. The Hall–Kier alpha value is -1.76. The van der Waals surface area contributed by atoms with Crippen LogP contribution in [0.4, 0.5) is 0 Å². The van der Waals surface area contributed by atoms with Crippen molar-refractivity contribution >= 4 is 17.7 Å². The number of nitrogens with zero attached hydrogens (tertiary/aromatic N) is 2. The molecule has 0 spiro atoms. The van der Waals surface area contributed by atoms with Crippen LogP contribution in [0.3, 0.4) is 0 Å². The third-order valence-corrected chi connectivity index (χ3v) is 3.63. The van der Waals surface area contributed by atoms with Crippen molar-refractivity contribution in [3.8, 4) is 0 Å². The molecule has 0 atom stereocenters. The molecule has 0 bridgehead atoms. The Balaban J connectivity index is 1.69. The summed E-state index contributed by atoms with van der Waals surface area (Å²) in [5.74, 6) is 2.71. The van der Waals surface area contributed by atoms with E-state index in [9.17, 15) is 4.79 Å². The quantitative estimate of drug-likeness (QED) is 0.839. The first-order chi connectivity index (χ1) is 9.16. The van der Waals surface area contributed by atoms with Crippen molar-refractivity contribution in [2.24, 2.45) is 0 Å². The molecule has 19 heavy (non-hydrogen) atoms. The van der Waals surface area contributed by atoms with Gasteiger partial charge in [0.1, 0.15) is 11.6 Å². The average molecular weight is 280 g/mol. The van der Waals surface area contributed by atoms with Crippen LogP contribution in [0.5, 0.6) is 0 Å². The van der Waals surface area contributed by atoms with Crippen LogP contribution >= 0.6 is 11.8 Å². The van der Waals surface area contributed by atoms with E-state index in [1.807, 2.05) is 13.8 Å². The number of hydrogen-bond acceptors (Lipinski definition) is 5. The summed E-state index contributed by atoms with van der Waals surface area (Å²) in [5, 5.41) is 6.68. The van der Waals surface area contributed by atoms with E-state index in [4.69, 9.17) is 4.52 Å². The summed E-state index contributed by atoms with van der Waals surface area (Å²) in [6.45, 7) is 4.22. The molecule has 0 aromatic carbocycles. The summed E-state index contributed by atoms with van der Waals surface area (Å²) >= 11 is 1.54. The van der Waals surface area contributed by atoms with Crippen molar-refractivity contribution < 1.29 is 9.32 Å². The van der Waals surface area contributed by atoms with Crippen molar-refractivity contribution in [2.75, 3.05) is 5.75 Å². The molecule has 2 N–H and O–H groups in total. The zero-order valence-corrected chi connectivity index (χ0v) is 11.7. The fraction of sp³-hybridized carbons (Fsp3) is 0.417. The standard InChI is InChI=1S/C12H16N4O2S/c1-8-10(9(2)18-16-8)6-19-7-12(17)15-5-11-13-3-4-14-11/h3-4H,5-7H2,1-2H3,(H,13,14)(H,15,17). The third kappa shape index (κ3) is 3.85. The lowest BCUT2D eigenvalue weighted by Crippen LogP contribution is -2.25. The summed E-state index contributed by atoms with van der Waals surface area (Å²) in [6, 6.07) is 0. The van der Waals surface area contributed by atoms with E-state index in [1.54, 1.807) is 24.2 Å². The topological polar surface area (TPSA) is 83.8 Å². The molecule has 0 radical (unpaired) electrons. The molecular formula is C12H16N4O2S. The second-order valence-electron chi connectivity index (χ2n) is 4.11. The van der Waals surface area contributed by atoms with E-state index in [2.05, 4.69) is 20.4 Å². The van der Waals surface area contributed by atoms with Crippen molar-refractivity contribution in [3.63, 3.8) is 0 Å². The predicted molar refractivity (Wildman–Crippen MR) is 72.6 cm³/mol.